The Morgan fingerprint density at radius 3 is 2.37 bits per heavy atom. The molecule has 0 spiro atoms. The largest absolute Gasteiger partial charge is 0.508 e. The van der Waals surface area contributed by atoms with Crippen LogP contribution in [0.2, 0.25) is 0 Å². The van der Waals surface area contributed by atoms with Crippen LogP contribution in [0, 0.1) is 0 Å². The van der Waals surface area contributed by atoms with Crippen molar-refractivity contribution < 1.29 is 19.7 Å². The smallest absolute Gasteiger partial charge is 0.259 e. The molecule has 0 aliphatic carbocycles. The summed E-state index contributed by atoms with van der Waals surface area (Å²) < 4.78 is 5.71. The molecule has 0 saturated carbocycles. The fourth-order valence-electron chi connectivity index (χ4n) is 2.97. The third-order valence-corrected chi connectivity index (χ3v) is 4.94. The molecule has 7 nitrogen and oxygen atoms in total. The summed E-state index contributed by atoms with van der Waals surface area (Å²) in [5.74, 6) is 0.763. The zero-order valence-corrected chi connectivity index (χ0v) is 18.4. The molecule has 0 heterocycles. The molecule has 2 rings (SSSR count). The number of carbonyl (C=O) groups is 1. The predicted octanol–water partition coefficient (Wildman–Crippen LogP) is 2.18. The molecule has 1 amide bonds. The lowest BCUT2D eigenvalue weighted by molar-refractivity contribution is -0.130. The number of ether oxygens (including phenoxy) is 1. The van der Waals surface area contributed by atoms with Crippen LogP contribution < -0.4 is 15.0 Å². The molecule has 0 saturated heterocycles. The molecule has 0 unspecified atom stereocenters. The van der Waals surface area contributed by atoms with E-state index >= 15 is 0 Å². The van der Waals surface area contributed by atoms with Crippen LogP contribution in [0.15, 0.2) is 42.5 Å². The first-order valence-electron chi connectivity index (χ1n) is 10.0. The van der Waals surface area contributed by atoms with Gasteiger partial charge in [0.2, 0.25) is 0 Å². The number of hydrogen-bond acceptors (Lipinski definition) is 6. The molecule has 2 aromatic rings. The Kier molecular flexibility index (Phi) is 8.50. The van der Waals surface area contributed by atoms with E-state index in [-0.39, 0.29) is 24.3 Å². The summed E-state index contributed by atoms with van der Waals surface area (Å²) in [5, 5.41) is 23.2. The Morgan fingerprint density at radius 1 is 1.10 bits per heavy atom. The van der Waals surface area contributed by atoms with Gasteiger partial charge in [0.15, 0.2) is 6.61 Å². The van der Waals surface area contributed by atoms with Crippen molar-refractivity contribution in [1.82, 2.24) is 10.2 Å². The lowest BCUT2D eigenvalue weighted by Gasteiger charge is -2.22. The highest BCUT2D eigenvalue weighted by Gasteiger charge is 2.16. The maximum atomic E-state index is 11.8. The van der Waals surface area contributed by atoms with Crippen LogP contribution in [0.1, 0.15) is 24.2 Å². The summed E-state index contributed by atoms with van der Waals surface area (Å²) in [5.41, 5.74) is 2.80. The Balaban J connectivity index is 1.93. The average Bonchev–Trinajstić information content (AvgIpc) is 2.72. The molecule has 2 atom stereocenters. The van der Waals surface area contributed by atoms with Gasteiger partial charge in [0.25, 0.3) is 5.91 Å². The highest BCUT2D eigenvalue weighted by Crippen LogP contribution is 2.28. The van der Waals surface area contributed by atoms with Gasteiger partial charge in [0, 0.05) is 34.2 Å². The molecule has 0 aromatic heterocycles. The number of likely N-dealkylation sites (N-methyl/N-ethyl adjacent to an activating group) is 1. The van der Waals surface area contributed by atoms with Gasteiger partial charge in [0.05, 0.1) is 11.8 Å². The van der Waals surface area contributed by atoms with Gasteiger partial charge in [-0.1, -0.05) is 18.2 Å². The van der Waals surface area contributed by atoms with Crippen LogP contribution >= 0.6 is 0 Å². The molecule has 3 N–H and O–H groups in total. The standard InChI is InChI=1S/C23H33N3O4/c1-16(23(29)18-7-9-19(27)10-8-18)24-13-12-17-6-11-21(20(14-17)25(2)3)30-15-22(28)26(4)5/h6-11,14,16,23-24,27,29H,12-13,15H2,1-5H3/t16-,23+/m0/s1. The summed E-state index contributed by atoms with van der Waals surface area (Å²) in [6.45, 7) is 2.63. The molecule has 7 heteroatoms. The van der Waals surface area contributed by atoms with Gasteiger partial charge in [0.1, 0.15) is 11.5 Å². The molecule has 30 heavy (non-hydrogen) atoms. The number of carbonyl (C=O) groups excluding carboxylic acids is 1. The molecule has 164 valence electrons. The van der Waals surface area contributed by atoms with Crippen LogP contribution in [0.3, 0.4) is 0 Å². The van der Waals surface area contributed by atoms with Crippen molar-refractivity contribution in [3.63, 3.8) is 0 Å². The third-order valence-electron chi connectivity index (χ3n) is 4.94. The number of nitrogens with zero attached hydrogens (tertiary/aromatic N) is 2. The first-order chi connectivity index (χ1) is 14.2. The van der Waals surface area contributed by atoms with Gasteiger partial charge < -0.3 is 30.1 Å². The van der Waals surface area contributed by atoms with E-state index < -0.39 is 6.10 Å². The molecule has 0 aliphatic heterocycles. The van der Waals surface area contributed by atoms with Gasteiger partial charge >= 0.3 is 0 Å². The van der Waals surface area contributed by atoms with E-state index in [1.165, 1.54) is 4.90 Å². The zero-order chi connectivity index (χ0) is 22.3. The maximum absolute atomic E-state index is 11.8. The monoisotopic (exact) mass is 415 g/mol. The fraction of sp³-hybridized carbons (Fsp3) is 0.435. The molecule has 0 radical (unpaired) electrons. The lowest BCUT2D eigenvalue weighted by Crippen LogP contribution is -2.33. The van der Waals surface area contributed by atoms with Gasteiger partial charge in [-0.15, -0.1) is 0 Å². The second kappa shape index (κ2) is 10.8. The summed E-state index contributed by atoms with van der Waals surface area (Å²) in [6, 6.07) is 12.4. The van der Waals surface area contributed by atoms with Crippen LogP contribution in [-0.4, -0.2) is 68.4 Å². The molecule has 0 aliphatic rings. The van der Waals surface area contributed by atoms with E-state index in [1.54, 1.807) is 38.4 Å². The first kappa shape index (κ1) is 23.5. The van der Waals surface area contributed by atoms with E-state index in [4.69, 9.17) is 4.74 Å². The van der Waals surface area contributed by atoms with Gasteiger partial charge in [-0.3, -0.25) is 4.79 Å². The highest BCUT2D eigenvalue weighted by atomic mass is 16.5. The fourth-order valence-corrected chi connectivity index (χ4v) is 2.97. The van der Waals surface area contributed by atoms with Crippen molar-refractivity contribution in [2.75, 3.05) is 46.2 Å². The number of rotatable bonds is 10. The van der Waals surface area contributed by atoms with Gasteiger partial charge in [-0.05, 0) is 55.3 Å². The Morgan fingerprint density at radius 2 is 1.77 bits per heavy atom. The van der Waals surface area contributed by atoms with Crippen LogP contribution in [-0.2, 0) is 11.2 Å². The number of anilines is 1. The van der Waals surface area contributed by atoms with E-state index in [2.05, 4.69) is 11.4 Å². The summed E-state index contributed by atoms with van der Waals surface area (Å²) in [7, 11) is 7.28. The SMILES string of the molecule is C[C@H](NCCc1ccc(OCC(=O)N(C)C)c(N(C)C)c1)[C@@H](O)c1ccc(O)cc1. The predicted molar refractivity (Wildman–Crippen MR) is 119 cm³/mol. The number of amides is 1. The van der Waals surface area contributed by atoms with E-state index in [9.17, 15) is 15.0 Å². The first-order valence-corrected chi connectivity index (χ1v) is 10.0. The van der Waals surface area contributed by atoms with E-state index in [0.29, 0.717) is 12.3 Å². The van der Waals surface area contributed by atoms with Crippen molar-refractivity contribution in [3.05, 3.63) is 53.6 Å². The Bertz CT molecular complexity index is 822. The van der Waals surface area contributed by atoms with Gasteiger partial charge in [-0.2, -0.15) is 0 Å². The molecule has 0 bridgehead atoms. The number of aliphatic hydroxyl groups excluding tert-OH is 1. The van der Waals surface area contributed by atoms with Crippen molar-refractivity contribution in [3.8, 4) is 11.5 Å². The zero-order valence-electron chi connectivity index (χ0n) is 18.4. The van der Waals surface area contributed by atoms with Crippen molar-refractivity contribution in [2.24, 2.45) is 0 Å². The maximum Gasteiger partial charge on any atom is 0.259 e. The highest BCUT2D eigenvalue weighted by molar-refractivity contribution is 5.77. The number of benzene rings is 2. The second-order valence-corrected chi connectivity index (χ2v) is 7.80. The van der Waals surface area contributed by atoms with E-state index in [0.717, 1.165) is 23.2 Å². The van der Waals surface area contributed by atoms with E-state index in [1.807, 2.05) is 38.1 Å². The molecule has 0 fully saturated rings. The number of phenolic OH excluding ortho intramolecular Hbond substituents is 1. The van der Waals surface area contributed by atoms with Crippen molar-refractivity contribution >= 4 is 11.6 Å². The minimum absolute atomic E-state index is 0.00139. The van der Waals surface area contributed by atoms with Gasteiger partial charge in [-0.25, -0.2) is 0 Å². The normalized spacial score (nSPS) is 12.9. The number of aliphatic hydroxyl groups is 1. The number of phenols is 1. The molecular weight excluding hydrogens is 382 g/mol. The Hall–Kier alpha value is -2.77. The minimum Gasteiger partial charge on any atom is -0.508 e. The van der Waals surface area contributed by atoms with Crippen LogP contribution in [0.25, 0.3) is 0 Å². The quantitative estimate of drug-likeness (QED) is 0.552. The minimum atomic E-state index is -0.659. The molecule has 2 aromatic carbocycles. The number of hydrogen-bond donors (Lipinski definition) is 3. The number of aromatic hydroxyl groups is 1. The van der Waals surface area contributed by atoms with Crippen LogP contribution in [0.5, 0.6) is 11.5 Å². The topological polar surface area (TPSA) is 85.3 Å². The summed E-state index contributed by atoms with van der Waals surface area (Å²) in [6.07, 6.45) is 0.123. The number of nitrogens with one attached hydrogen (secondary N) is 1. The summed E-state index contributed by atoms with van der Waals surface area (Å²) >= 11 is 0. The molecular formula is C23H33N3O4. The second-order valence-electron chi connectivity index (χ2n) is 7.80. The van der Waals surface area contributed by atoms with Crippen molar-refractivity contribution in [1.29, 1.82) is 0 Å². The van der Waals surface area contributed by atoms with Crippen LogP contribution in [0.4, 0.5) is 5.69 Å². The lowest BCUT2D eigenvalue weighted by atomic mass is 10.0. The summed E-state index contributed by atoms with van der Waals surface area (Å²) in [4.78, 5) is 15.3. The Labute approximate surface area is 178 Å². The van der Waals surface area contributed by atoms with Crippen molar-refractivity contribution in [2.45, 2.75) is 25.5 Å². The average molecular weight is 416 g/mol. The third kappa shape index (κ3) is 6.64.